The summed E-state index contributed by atoms with van der Waals surface area (Å²) < 4.78 is 13.1. The number of barbiturate groups is 1. The molecule has 1 aliphatic heterocycles. The fourth-order valence-corrected chi connectivity index (χ4v) is 5.94. The zero-order valence-corrected chi connectivity index (χ0v) is 26.3. The Kier molecular flexibility index (Phi) is 9.33. The molecule has 1 N–H and O–H groups in total. The van der Waals surface area contributed by atoms with Gasteiger partial charge in [0.2, 0.25) is 0 Å². The Morgan fingerprint density at radius 2 is 1.57 bits per heavy atom. The summed E-state index contributed by atoms with van der Waals surface area (Å²) in [6.45, 7) is 0.456. The summed E-state index contributed by atoms with van der Waals surface area (Å²) >= 11 is 19.2. The van der Waals surface area contributed by atoms with Crippen molar-refractivity contribution in [2.45, 2.75) is 13.2 Å². The van der Waals surface area contributed by atoms with E-state index in [0.29, 0.717) is 48.2 Å². The van der Waals surface area contributed by atoms with Gasteiger partial charge < -0.3 is 9.47 Å². The second kappa shape index (κ2) is 13.1. The first-order chi connectivity index (χ1) is 20.2. The van der Waals surface area contributed by atoms with Gasteiger partial charge in [0.05, 0.1) is 10.2 Å². The largest absolute Gasteiger partial charge is 0.489 e. The maximum absolute atomic E-state index is 13.5. The van der Waals surface area contributed by atoms with E-state index in [1.165, 1.54) is 6.08 Å². The van der Waals surface area contributed by atoms with Crippen molar-refractivity contribution in [1.82, 2.24) is 5.32 Å². The number of carbonyl (C=O) groups excluding carboxylic acids is 3. The summed E-state index contributed by atoms with van der Waals surface area (Å²) in [5.74, 6) is -0.696. The lowest BCUT2D eigenvalue weighted by Crippen LogP contribution is -2.54. The first-order valence-corrected chi connectivity index (χ1v) is 14.8. The van der Waals surface area contributed by atoms with Gasteiger partial charge in [0.25, 0.3) is 11.8 Å². The average Bonchev–Trinajstić information content (AvgIpc) is 2.95. The van der Waals surface area contributed by atoms with Gasteiger partial charge >= 0.3 is 6.03 Å². The number of anilines is 1. The third-order valence-electron chi connectivity index (χ3n) is 6.17. The molecular weight excluding hydrogens is 711 g/mol. The Balaban J connectivity index is 1.40. The Hall–Kier alpha value is -3.63. The monoisotopic (exact) mass is 728 g/mol. The molecule has 4 amide bonds. The number of hydrogen-bond donors (Lipinski definition) is 1. The van der Waals surface area contributed by atoms with Crippen LogP contribution in [-0.4, -0.2) is 17.8 Å². The molecule has 4 aromatic rings. The Morgan fingerprint density at radius 1 is 0.833 bits per heavy atom. The lowest BCUT2D eigenvalue weighted by Gasteiger charge is -2.26. The number of urea groups is 1. The molecule has 1 fully saturated rings. The van der Waals surface area contributed by atoms with Gasteiger partial charge in [-0.2, -0.15) is 0 Å². The zero-order valence-electron chi connectivity index (χ0n) is 21.6. The number of carbonyl (C=O) groups is 3. The summed E-state index contributed by atoms with van der Waals surface area (Å²) in [7, 11) is 0. The average molecular weight is 731 g/mol. The molecule has 0 aromatic heterocycles. The third-order valence-corrected chi connectivity index (χ3v) is 7.80. The molecule has 4 aromatic carbocycles. The van der Waals surface area contributed by atoms with Crippen LogP contribution in [0.2, 0.25) is 10.0 Å². The third kappa shape index (κ3) is 6.87. The molecule has 0 bridgehead atoms. The van der Waals surface area contributed by atoms with Gasteiger partial charge in [0, 0.05) is 25.6 Å². The van der Waals surface area contributed by atoms with Gasteiger partial charge in [-0.25, -0.2) is 9.69 Å². The maximum Gasteiger partial charge on any atom is 0.335 e. The molecule has 1 heterocycles. The van der Waals surface area contributed by atoms with E-state index in [1.807, 2.05) is 30.3 Å². The molecule has 0 spiro atoms. The van der Waals surface area contributed by atoms with Crippen LogP contribution in [0.5, 0.6) is 11.5 Å². The Bertz CT molecular complexity index is 1710. The lowest BCUT2D eigenvalue weighted by molar-refractivity contribution is -0.122. The SMILES string of the molecule is O=C1NC(=O)N(c2ccc(OCc3ccccc3)cc2)C(=O)/C1=C/c1cc(Br)cc(Br)c1OCc1ccc(Cl)cc1Cl. The molecule has 5 rings (SSSR count). The second-order valence-electron chi connectivity index (χ2n) is 9.06. The van der Waals surface area contributed by atoms with Crippen molar-refractivity contribution in [1.29, 1.82) is 0 Å². The van der Waals surface area contributed by atoms with Crippen molar-refractivity contribution in [2.24, 2.45) is 0 Å². The van der Waals surface area contributed by atoms with Crippen LogP contribution < -0.4 is 19.7 Å². The van der Waals surface area contributed by atoms with Gasteiger partial charge in [-0.3, -0.25) is 14.9 Å². The van der Waals surface area contributed by atoms with Gasteiger partial charge in [-0.05, 0) is 76.1 Å². The number of amides is 4. The molecule has 1 saturated heterocycles. The van der Waals surface area contributed by atoms with Crippen molar-refractivity contribution < 1.29 is 23.9 Å². The molecule has 0 radical (unpaired) electrons. The highest BCUT2D eigenvalue weighted by atomic mass is 79.9. The predicted octanol–water partition coefficient (Wildman–Crippen LogP) is 8.34. The highest BCUT2D eigenvalue weighted by Gasteiger charge is 2.37. The summed E-state index contributed by atoms with van der Waals surface area (Å²) in [5.41, 5.74) is 2.12. The number of nitrogens with zero attached hydrogens (tertiary/aromatic N) is 1. The fourth-order valence-electron chi connectivity index (χ4n) is 4.11. The van der Waals surface area contributed by atoms with E-state index in [0.717, 1.165) is 10.5 Å². The molecule has 7 nitrogen and oxygen atoms in total. The smallest absolute Gasteiger partial charge is 0.335 e. The molecule has 212 valence electrons. The van der Waals surface area contributed by atoms with Gasteiger partial charge in [0.15, 0.2) is 0 Å². The van der Waals surface area contributed by atoms with E-state index in [2.05, 4.69) is 37.2 Å². The van der Waals surface area contributed by atoms with Crippen LogP contribution >= 0.6 is 55.1 Å². The van der Waals surface area contributed by atoms with Crippen LogP contribution in [0, 0.1) is 0 Å². The van der Waals surface area contributed by atoms with E-state index in [4.69, 9.17) is 32.7 Å². The van der Waals surface area contributed by atoms with Crippen molar-refractivity contribution in [3.63, 3.8) is 0 Å². The lowest BCUT2D eigenvalue weighted by atomic mass is 10.1. The molecule has 0 saturated carbocycles. The van der Waals surface area contributed by atoms with E-state index in [1.54, 1.807) is 54.6 Å². The standard InChI is InChI=1S/C31H20Br2Cl2N2O5/c32-21-12-20(28(26(33)14-21)42-17-19-6-7-22(34)15-27(19)35)13-25-29(38)36-31(40)37(30(25)39)23-8-10-24(11-9-23)41-16-18-4-2-1-3-5-18/h1-15H,16-17H2,(H,36,38,40)/b25-13+. The number of rotatable bonds is 8. The normalized spacial score (nSPS) is 14.2. The fraction of sp³-hybridized carbons (Fsp3) is 0.0645. The highest BCUT2D eigenvalue weighted by molar-refractivity contribution is 9.11. The summed E-state index contributed by atoms with van der Waals surface area (Å²) in [6, 6.07) is 23.8. The van der Waals surface area contributed by atoms with E-state index in [9.17, 15) is 14.4 Å². The van der Waals surface area contributed by atoms with E-state index >= 15 is 0 Å². The van der Waals surface area contributed by atoms with E-state index in [-0.39, 0.29) is 17.9 Å². The zero-order chi connectivity index (χ0) is 29.8. The molecule has 0 aliphatic carbocycles. The van der Waals surface area contributed by atoms with Crippen LogP contribution in [0.3, 0.4) is 0 Å². The Morgan fingerprint density at radius 3 is 2.29 bits per heavy atom. The maximum atomic E-state index is 13.5. The molecular formula is C31H20Br2Cl2N2O5. The minimum absolute atomic E-state index is 0.0931. The molecule has 1 aliphatic rings. The van der Waals surface area contributed by atoms with Crippen LogP contribution in [0.15, 0.2) is 99.4 Å². The van der Waals surface area contributed by atoms with Crippen molar-refractivity contribution >= 4 is 84.7 Å². The number of imide groups is 2. The Labute approximate surface area is 268 Å². The number of nitrogens with one attached hydrogen (secondary N) is 1. The van der Waals surface area contributed by atoms with Crippen molar-refractivity contribution in [3.05, 3.63) is 126 Å². The van der Waals surface area contributed by atoms with Crippen LogP contribution in [0.4, 0.5) is 10.5 Å². The molecule has 11 heteroatoms. The first-order valence-electron chi connectivity index (χ1n) is 12.4. The quantitative estimate of drug-likeness (QED) is 0.146. The van der Waals surface area contributed by atoms with Gasteiger partial charge in [-0.1, -0.05) is 75.5 Å². The summed E-state index contributed by atoms with van der Waals surface area (Å²) in [6.07, 6.45) is 1.38. The second-order valence-corrected chi connectivity index (χ2v) is 11.7. The first kappa shape index (κ1) is 29.8. The van der Waals surface area contributed by atoms with Gasteiger partial charge in [0.1, 0.15) is 30.3 Å². The summed E-state index contributed by atoms with van der Waals surface area (Å²) in [4.78, 5) is 40.0. The number of halogens is 4. The minimum atomic E-state index is -0.857. The number of hydrogen-bond acceptors (Lipinski definition) is 5. The highest BCUT2D eigenvalue weighted by Crippen LogP contribution is 2.36. The van der Waals surface area contributed by atoms with Gasteiger partial charge in [-0.15, -0.1) is 0 Å². The van der Waals surface area contributed by atoms with Crippen LogP contribution in [0.1, 0.15) is 16.7 Å². The number of ether oxygens (including phenoxy) is 2. The van der Waals surface area contributed by atoms with Crippen molar-refractivity contribution in [2.75, 3.05) is 4.90 Å². The molecule has 0 unspecified atom stereocenters. The van der Waals surface area contributed by atoms with Crippen LogP contribution in [0.25, 0.3) is 6.08 Å². The topological polar surface area (TPSA) is 84.9 Å². The summed E-state index contributed by atoms with van der Waals surface area (Å²) in [5, 5.41) is 3.17. The minimum Gasteiger partial charge on any atom is -0.489 e. The van der Waals surface area contributed by atoms with Crippen LogP contribution in [-0.2, 0) is 22.8 Å². The van der Waals surface area contributed by atoms with Crippen molar-refractivity contribution in [3.8, 4) is 11.5 Å². The molecule has 42 heavy (non-hydrogen) atoms. The van der Waals surface area contributed by atoms with E-state index < -0.39 is 17.8 Å². The molecule has 0 atom stereocenters. The number of benzene rings is 4. The predicted molar refractivity (Wildman–Crippen MR) is 169 cm³/mol.